The number of thiophene rings is 1. The number of alkyl carbamates (subject to hydrolysis) is 1. The van der Waals surface area contributed by atoms with Gasteiger partial charge in [-0.05, 0) is 49.6 Å². The van der Waals surface area contributed by atoms with Crippen molar-refractivity contribution in [2.24, 2.45) is 0 Å². The van der Waals surface area contributed by atoms with Crippen LogP contribution in [0, 0.1) is 0 Å². The number of carboxylic acid groups (broad SMARTS) is 1. The van der Waals surface area contributed by atoms with Gasteiger partial charge in [-0.2, -0.15) is 11.3 Å². The first-order valence-corrected chi connectivity index (χ1v) is 8.19. The normalized spacial score (nSPS) is 20.6. The van der Waals surface area contributed by atoms with E-state index in [1.807, 2.05) is 42.5 Å². The molecule has 0 aliphatic carbocycles. The van der Waals surface area contributed by atoms with E-state index in [0.717, 1.165) is 5.56 Å². The minimum Gasteiger partial charge on any atom is -0.480 e. The van der Waals surface area contributed by atoms with Gasteiger partial charge in [0.1, 0.15) is 11.6 Å². The average Bonchev–Trinajstić information content (AvgIpc) is 2.99. The Morgan fingerprint density at radius 3 is 2.77 bits per heavy atom. The highest BCUT2D eigenvalue weighted by atomic mass is 32.1. The minimum atomic E-state index is -0.865. The third-order valence-corrected chi connectivity index (χ3v) is 4.10. The van der Waals surface area contributed by atoms with Crippen LogP contribution < -0.4 is 5.32 Å². The van der Waals surface area contributed by atoms with Gasteiger partial charge in [0.2, 0.25) is 0 Å². The van der Waals surface area contributed by atoms with Crippen LogP contribution in [0.25, 0.3) is 0 Å². The summed E-state index contributed by atoms with van der Waals surface area (Å²) in [5.74, 6) is -0.865. The largest absolute Gasteiger partial charge is 0.480 e. The second-order valence-electron chi connectivity index (χ2n) is 6.42. The molecule has 1 aliphatic rings. The maximum Gasteiger partial charge on any atom is 0.407 e. The number of aliphatic carboxylic acids is 1. The van der Waals surface area contributed by atoms with Crippen molar-refractivity contribution < 1.29 is 19.4 Å². The first-order chi connectivity index (χ1) is 10.3. The van der Waals surface area contributed by atoms with Crippen molar-refractivity contribution in [2.45, 2.75) is 44.9 Å². The summed E-state index contributed by atoms with van der Waals surface area (Å²) in [5.41, 5.74) is 0.248. The van der Waals surface area contributed by atoms with E-state index in [-0.39, 0.29) is 6.04 Å². The lowest BCUT2D eigenvalue weighted by Crippen LogP contribution is -2.41. The Hall–Kier alpha value is -1.60. The van der Waals surface area contributed by atoms with Crippen LogP contribution in [0.5, 0.6) is 0 Å². The van der Waals surface area contributed by atoms with E-state index in [9.17, 15) is 14.7 Å². The van der Waals surface area contributed by atoms with E-state index >= 15 is 0 Å². The van der Waals surface area contributed by atoms with Crippen molar-refractivity contribution in [1.82, 2.24) is 10.2 Å². The zero-order chi connectivity index (χ0) is 16.3. The molecule has 1 aliphatic heterocycles. The standard InChI is InChI=1S/C15H22N2O4S/c1-15(2,3)21-14(20)16-11-4-6-17(8-11)12(13(18)19)10-5-7-22-9-10/h5,7,9,11-12H,4,6,8H2,1-3H3,(H,16,20)(H,18,19)/t11-,12+/m1/s1. The van der Waals surface area contributed by atoms with Crippen molar-refractivity contribution in [3.63, 3.8) is 0 Å². The number of carbonyl (C=O) groups is 2. The summed E-state index contributed by atoms with van der Waals surface area (Å²) in [5, 5.41) is 16.0. The van der Waals surface area contributed by atoms with Crippen molar-refractivity contribution >= 4 is 23.4 Å². The molecule has 2 N–H and O–H groups in total. The summed E-state index contributed by atoms with van der Waals surface area (Å²) in [7, 11) is 0. The van der Waals surface area contributed by atoms with Crippen LogP contribution in [0.1, 0.15) is 38.8 Å². The Morgan fingerprint density at radius 1 is 1.50 bits per heavy atom. The molecule has 1 aromatic rings. The van der Waals surface area contributed by atoms with Crippen LogP contribution in [0.15, 0.2) is 16.8 Å². The number of likely N-dealkylation sites (tertiary alicyclic amines) is 1. The predicted molar refractivity (Wildman–Crippen MR) is 84.0 cm³/mol. The molecule has 22 heavy (non-hydrogen) atoms. The van der Waals surface area contributed by atoms with Crippen molar-refractivity contribution in [3.8, 4) is 0 Å². The van der Waals surface area contributed by atoms with Crippen LogP contribution in [-0.4, -0.2) is 46.8 Å². The highest BCUT2D eigenvalue weighted by Crippen LogP contribution is 2.27. The Bertz CT molecular complexity index is 524. The quantitative estimate of drug-likeness (QED) is 0.888. The third-order valence-electron chi connectivity index (χ3n) is 3.40. The molecule has 0 bridgehead atoms. The van der Waals surface area contributed by atoms with E-state index in [0.29, 0.717) is 19.5 Å². The Kier molecular flexibility index (Phi) is 5.08. The van der Waals surface area contributed by atoms with E-state index in [1.165, 1.54) is 11.3 Å². The summed E-state index contributed by atoms with van der Waals surface area (Å²) < 4.78 is 5.23. The molecule has 1 fully saturated rings. The molecule has 0 unspecified atom stereocenters. The monoisotopic (exact) mass is 326 g/mol. The Morgan fingerprint density at radius 2 is 2.23 bits per heavy atom. The maximum atomic E-state index is 11.8. The second-order valence-corrected chi connectivity index (χ2v) is 7.20. The summed E-state index contributed by atoms with van der Waals surface area (Å²) in [4.78, 5) is 25.2. The number of ether oxygens (including phenoxy) is 1. The van der Waals surface area contributed by atoms with Crippen LogP contribution in [-0.2, 0) is 9.53 Å². The molecule has 6 nitrogen and oxygen atoms in total. The molecule has 0 aromatic carbocycles. The fourth-order valence-corrected chi connectivity index (χ4v) is 3.23. The number of nitrogens with zero attached hydrogens (tertiary/aromatic N) is 1. The molecule has 0 radical (unpaired) electrons. The smallest absolute Gasteiger partial charge is 0.407 e. The van der Waals surface area contributed by atoms with Gasteiger partial charge in [-0.15, -0.1) is 0 Å². The predicted octanol–water partition coefficient (Wildman–Crippen LogP) is 2.47. The number of carboxylic acids is 1. The van der Waals surface area contributed by atoms with Gasteiger partial charge < -0.3 is 15.2 Å². The van der Waals surface area contributed by atoms with Gasteiger partial charge in [-0.3, -0.25) is 9.69 Å². The number of amides is 1. The third kappa shape index (κ3) is 4.45. The summed E-state index contributed by atoms with van der Waals surface area (Å²) in [6, 6.07) is 1.09. The minimum absolute atomic E-state index is 0.0877. The molecule has 122 valence electrons. The molecule has 7 heteroatoms. The number of hydrogen-bond donors (Lipinski definition) is 2. The lowest BCUT2D eigenvalue weighted by molar-refractivity contribution is -0.143. The highest BCUT2D eigenvalue weighted by molar-refractivity contribution is 7.08. The Labute approximate surface area is 134 Å². The van der Waals surface area contributed by atoms with E-state index in [2.05, 4.69) is 5.32 Å². The Balaban J connectivity index is 1.94. The second kappa shape index (κ2) is 6.66. The van der Waals surface area contributed by atoms with E-state index in [4.69, 9.17) is 4.74 Å². The lowest BCUT2D eigenvalue weighted by atomic mass is 10.1. The fourth-order valence-electron chi connectivity index (χ4n) is 2.55. The maximum absolute atomic E-state index is 11.8. The van der Waals surface area contributed by atoms with Crippen LogP contribution in [0.3, 0.4) is 0 Å². The van der Waals surface area contributed by atoms with Gasteiger partial charge in [0.15, 0.2) is 0 Å². The number of nitrogens with one attached hydrogen (secondary N) is 1. The van der Waals surface area contributed by atoms with Crippen molar-refractivity contribution in [3.05, 3.63) is 22.4 Å². The highest BCUT2D eigenvalue weighted by Gasteiger charge is 2.34. The van der Waals surface area contributed by atoms with Gasteiger partial charge in [-0.1, -0.05) is 0 Å². The van der Waals surface area contributed by atoms with Crippen molar-refractivity contribution in [1.29, 1.82) is 0 Å². The SMILES string of the molecule is CC(C)(C)OC(=O)N[C@@H]1CCN([C@H](C(=O)O)c2ccsc2)C1. The van der Waals surface area contributed by atoms with Gasteiger partial charge in [-0.25, -0.2) is 4.79 Å². The van der Waals surface area contributed by atoms with Crippen LogP contribution in [0.2, 0.25) is 0 Å². The number of hydrogen-bond acceptors (Lipinski definition) is 5. The lowest BCUT2D eigenvalue weighted by Gasteiger charge is -2.24. The van der Waals surface area contributed by atoms with Crippen LogP contribution >= 0.6 is 11.3 Å². The average molecular weight is 326 g/mol. The molecular formula is C15H22N2O4S. The molecular weight excluding hydrogens is 304 g/mol. The molecule has 1 amide bonds. The summed E-state index contributed by atoms with van der Waals surface area (Å²) >= 11 is 1.48. The zero-order valence-electron chi connectivity index (χ0n) is 13.0. The zero-order valence-corrected chi connectivity index (χ0v) is 13.9. The van der Waals surface area contributed by atoms with Crippen molar-refractivity contribution in [2.75, 3.05) is 13.1 Å². The molecule has 0 saturated carbocycles. The van der Waals surface area contributed by atoms with E-state index in [1.54, 1.807) is 0 Å². The summed E-state index contributed by atoms with van der Waals surface area (Å²) in [6.45, 7) is 6.57. The van der Waals surface area contributed by atoms with E-state index < -0.39 is 23.7 Å². The van der Waals surface area contributed by atoms with Gasteiger partial charge in [0.25, 0.3) is 0 Å². The summed E-state index contributed by atoms with van der Waals surface area (Å²) in [6.07, 6.45) is 0.259. The number of carbonyl (C=O) groups excluding carboxylic acids is 1. The fraction of sp³-hybridized carbons (Fsp3) is 0.600. The molecule has 1 aromatic heterocycles. The molecule has 2 atom stereocenters. The first-order valence-electron chi connectivity index (χ1n) is 7.25. The van der Waals surface area contributed by atoms with Crippen LogP contribution in [0.4, 0.5) is 4.79 Å². The van der Waals surface area contributed by atoms with Gasteiger partial charge in [0.05, 0.1) is 0 Å². The molecule has 2 rings (SSSR count). The first kappa shape index (κ1) is 16.8. The molecule has 0 spiro atoms. The molecule has 2 heterocycles. The van der Waals surface area contributed by atoms with Gasteiger partial charge >= 0.3 is 12.1 Å². The topological polar surface area (TPSA) is 78.9 Å². The number of rotatable bonds is 4. The van der Waals surface area contributed by atoms with Gasteiger partial charge in [0, 0.05) is 19.1 Å². The molecule has 1 saturated heterocycles.